The first kappa shape index (κ1) is 16.5. The lowest BCUT2D eigenvalue weighted by molar-refractivity contribution is -0.137. The third-order valence-corrected chi connectivity index (χ3v) is 5.10. The van der Waals surface area contributed by atoms with Gasteiger partial charge in [-0.1, -0.05) is 36.8 Å². The smallest absolute Gasteiger partial charge is 0.315 e. The van der Waals surface area contributed by atoms with Crippen molar-refractivity contribution in [1.82, 2.24) is 4.57 Å². The van der Waals surface area contributed by atoms with Gasteiger partial charge < -0.3 is 19.1 Å². The van der Waals surface area contributed by atoms with Gasteiger partial charge in [0.15, 0.2) is 11.5 Å². The third kappa shape index (κ3) is 2.69. The Hall–Kier alpha value is -2.95. The summed E-state index contributed by atoms with van der Waals surface area (Å²) in [4.78, 5) is 12.2. The van der Waals surface area contributed by atoms with Crippen LogP contribution in [0.1, 0.15) is 41.6 Å². The first-order valence-corrected chi connectivity index (χ1v) is 8.76. The third-order valence-electron chi connectivity index (χ3n) is 5.10. The number of carboxylic acids is 1. The number of carbonyl (C=O) groups is 1. The highest BCUT2D eigenvalue weighted by Gasteiger charge is 2.29. The molecular weight excluding hydrogens is 330 g/mol. The minimum atomic E-state index is -0.876. The molecule has 0 saturated heterocycles. The lowest BCUT2D eigenvalue weighted by Gasteiger charge is -2.14. The van der Waals surface area contributed by atoms with E-state index in [2.05, 4.69) is 25.2 Å². The molecule has 5 heteroatoms. The molecule has 1 unspecified atom stereocenters. The van der Waals surface area contributed by atoms with Gasteiger partial charge in [-0.15, -0.1) is 0 Å². The molecule has 26 heavy (non-hydrogen) atoms. The minimum Gasteiger partial charge on any atom is -0.481 e. The highest BCUT2D eigenvalue weighted by atomic mass is 16.7. The molecule has 1 atom stereocenters. The Morgan fingerprint density at radius 2 is 2.08 bits per heavy atom. The molecule has 0 bridgehead atoms. The van der Waals surface area contributed by atoms with Crippen LogP contribution in [0.25, 0.3) is 6.08 Å². The molecule has 1 aliphatic heterocycles. The molecule has 4 rings (SSSR count). The van der Waals surface area contributed by atoms with E-state index in [4.69, 9.17) is 9.47 Å². The second-order valence-corrected chi connectivity index (χ2v) is 6.61. The zero-order valence-corrected chi connectivity index (χ0v) is 14.9. The van der Waals surface area contributed by atoms with E-state index in [1.165, 1.54) is 5.57 Å². The summed E-state index contributed by atoms with van der Waals surface area (Å²) in [6, 6.07) is 5.36. The Balaban J connectivity index is 1.82. The largest absolute Gasteiger partial charge is 0.481 e. The Morgan fingerprint density at radius 3 is 2.85 bits per heavy atom. The summed E-state index contributed by atoms with van der Waals surface area (Å²) in [6.07, 6.45) is 10.1. The van der Waals surface area contributed by atoms with Gasteiger partial charge >= 0.3 is 5.97 Å². The van der Waals surface area contributed by atoms with Crippen LogP contribution in [0, 0.1) is 0 Å². The number of aliphatic carboxylic acids is 1. The maximum atomic E-state index is 12.2. The van der Waals surface area contributed by atoms with Gasteiger partial charge in [0.25, 0.3) is 0 Å². The van der Waals surface area contributed by atoms with E-state index in [1.54, 1.807) is 12.1 Å². The molecule has 1 N–H and O–H groups in total. The number of aryl methyl sites for hydroxylation is 1. The average Bonchev–Trinajstić information content (AvgIpc) is 3.12. The van der Waals surface area contributed by atoms with Crippen molar-refractivity contribution in [1.29, 1.82) is 0 Å². The monoisotopic (exact) mass is 351 g/mol. The van der Waals surface area contributed by atoms with E-state index in [1.807, 2.05) is 23.9 Å². The van der Waals surface area contributed by atoms with Crippen LogP contribution >= 0.6 is 0 Å². The lowest BCUT2D eigenvalue weighted by Crippen LogP contribution is -2.13. The van der Waals surface area contributed by atoms with Gasteiger partial charge in [0, 0.05) is 30.9 Å². The zero-order chi connectivity index (χ0) is 18.3. The summed E-state index contributed by atoms with van der Waals surface area (Å²) >= 11 is 0. The van der Waals surface area contributed by atoms with E-state index < -0.39 is 11.9 Å². The summed E-state index contributed by atoms with van der Waals surface area (Å²) in [5.74, 6) is -0.381. The molecule has 0 saturated carbocycles. The SMILES string of the molecule is CCC1=CCc2c(c(C(C(=O)O)c3ccc4c(c3)OCO4)cn2C)C=C1. The number of ether oxygens (including phenoxy) is 2. The molecule has 0 amide bonds. The Labute approximate surface area is 152 Å². The van der Waals surface area contributed by atoms with E-state index in [0.717, 1.165) is 29.7 Å². The van der Waals surface area contributed by atoms with Crippen molar-refractivity contribution < 1.29 is 19.4 Å². The summed E-state index contributed by atoms with van der Waals surface area (Å²) in [6.45, 7) is 2.30. The van der Waals surface area contributed by atoms with E-state index in [9.17, 15) is 9.90 Å². The molecule has 0 fully saturated rings. The van der Waals surface area contributed by atoms with Crippen molar-refractivity contribution in [2.24, 2.45) is 7.05 Å². The minimum absolute atomic E-state index is 0.172. The fourth-order valence-corrected chi connectivity index (χ4v) is 3.69. The van der Waals surface area contributed by atoms with E-state index in [0.29, 0.717) is 17.1 Å². The molecular formula is C21H21NO4. The van der Waals surface area contributed by atoms with Crippen molar-refractivity contribution in [2.45, 2.75) is 25.7 Å². The van der Waals surface area contributed by atoms with Crippen LogP contribution in [0.15, 0.2) is 42.1 Å². The lowest BCUT2D eigenvalue weighted by atomic mass is 9.89. The normalized spacial score (nSPS) is 16.0. The van der Waals surface area contributed by atoms with Crippen LogP contribution in [-0.4, -0.2) is 22.4 Å². The van der Waals surface area contributed by atoms with Gasteiger partial charge in [0.05, 0.1) is 0 Å². The number of allylic oxidation sites excluding steroid dienone is 3. The number of benzene rings is 1. The molecule has 2 aliphatic rings. The van der Waals surface area contributed by atoms with Gasteiger partial charge in [-0.2, -0.15) is 0 Å². The topological polar surface area (TPSA) is 60.7 Å². The van der Waals surface area contributed by atoms with Gasteiger partial charge in [-0.05, 0) is 29.7 Å². The molecule has 1 aromatic heterocycles. The van der Waals surface area contributed by atoms with Crippen molar-refractivity contribution in [2.75, 3.05) is 6.79 Å². The van der Waals surface area contributed by atoms with Gasteiger partial charge in [-0.25, -0.2) is 0 Å². The quantitative estimate of drug-likeness (QED) is 0.908. The van der Waals surface area contributed by atoms with Crippen LogP contribution in [0.4, 0.5) is 0 Å². The standard InChI is InChI=1S/C21H21NO4/c1-3-13-4-7-15-16(11-22(2)17(15)8-5-13)20(21(23)24)14-6-9-18-19(10-14)26-12-25-18/h4-7,9-11,20H,3,8,12H2,1-2H3,(H,23,24). The number of hydrogen-bond acceptors (Lipinski definition) is 3. The van der Waals surface area contributed by atoms with Crippen molar-refractivity contribution in [3.05, 3.63) is 64.5 Å². The Bertz CT molecular complexity index is 936. The predicted molar refractivity (Wildman–Crippen MR) is 98.6 cm³/mol. The maximum Gasteiger partial charge on any atom is 0.315 e. The van der Waals surface area contributed by atoms with Crippen LogP contribution in [0.5, 0.6) is 11.5 Å². The first-order chi connectivity index (χ1) is 12.6. The van der Waals surface area contributed by atoms with E-state index in [-0.39, 0.29) is 6.79 Å². The Kier molecular flexibility index (Phi) is 4.07. The summed E-state index contributed by atoms with van der Waals surface area (Å²) in [7, 11) is 1.97. The van der Waals surface area contributed by atoms with Crippen molar-refractivity contribution >= 4 is 12.0 Å². The van der Waals surface area contributed by atoms with Gasteiger partial charge in [0.2, 0.25) is 6.79 Å². The number of carboxylic acid groups (broad SMARTS) is 1. The van der Waals surface area contributed by atoms with Crippen LogP contribution in [-0.2, 0) is 18.3 Å². The average molecular weight is 351 g/mol. The van der Waals surface area contributed by atoms with Gasteiger partial charge in [-0.3, -0.25) is 4.79 Å². The molecule has 1 aliphatic carbocycles. The van der Waals surface area contributed by atoms with Crippen molar-refractivity contribution in [3.8, 4) is 11.5 Å². The number of hydrogen-bond donors (Lipinski definition) is 1. The first-order valence-electron chi connectivity index (χ1n) is 8.76. The molecule has 0 spiro atoms. The number of nitrogens with zero attached hydrogens (tertiary/aromatic N) is 1. The predicted octanol–water partition coefficient (Wildman–Crippen LogP) is 3.88. The summed E-state index contributed by atoms with van der Waals surface area (Å²) in [5, 5.41) is 9.99. The summed E-state index contributed by atoms with van der Waals surface area (Å²) < 4.78 is 12.8. The maximum absolute atomic E-state index is 12.2. The molecule has 0 radical (unpaired) electrons. The molecule has 5 nitrogen and oxygen atoms in total. The number of rotatable bonds is 4. The molecule has 134 valence electrons. The van der Waals surface area contributed by atoms with Gasteiger partial charge in [0.1, 0.15) is 5.92 Å². The van der Waals surface area contributed by atoms with Crippen molar-refractivity contribution in [3.63, 3.8) is 0 Å². The van der Waals surface area contributed by atoms with E-state index >= 15 is 0 Å². The number of aromatic nitrogens is 1. The number of fused-ring (bicyclic) bond motifs is 2. The Morgan fingerprint density at radius 1 is 1.27 bits per heavy atom. The molecule has 1 aromatic carbocycles. The molecule has 2 heterocycles. The fraction of sp³-hybridized carbons (Fsp3) is 0.286. The second kappa shape index (κ2) is 6.41. The molecule has 2 aromatic rings. The van der Waals surface area contributed by atoms with Crippen LogP contribution in [0.3, 0.4) is 0 Å². The van der Waals surface area contributed by atoms with Crippen LogP contribution < -0.4 is 9.47 Å². The second-order valence-electron chi connectivity index (χ2n) is 6.61. The highest BCUT2D eigenvalue weighted by Crippen LogP contribution is 2.39. The fourth-order valence-electron chi connectivity index (χ4n) is 3.69. The highest BCUT2D eigenvalue weighted by molar-refractivity contribution is 5.83. The van der Waals surface area contributed by atoms with Crippen LogP contribution in [0.2, 0.25) is 0 Å². The zero-order valence-electron chi connectivity index (χ0n) is 14.9. The summed E-state index contributed by atoms with van der Waals surface area (Å²) in [5.41, 5.74) is 4.89.